The molecule has 100 valence electrons. The lowest BCUT2D eigenvalue weighted by Gasteiger charge is -2.34. The Morgan fingerprint density at radius 2 is 1.95 bits per heavy atom. The summed E-state index contributed by atoms with van der Waals surface area (Å²) in [6.45, 7) is 6.66. The van der Waals surface area contributed by atoms with Crippen molar-refractivity contribution in [3.8, 4) is 0 Å². The predicted molar refractivity (Wildman–Crippen MR) is 79.2 cm³/mol. The molecule has 3 rings (SSSR count). The van der Waals surface area contributed by atoms with Crippen LogP contribution in [-0.2, 0) is 0 Å². The molecular formula is C16H21N3. The van der Waals surface area contributed by atoms with E-state index in [1.54, 1.807) is 0 Å². The molecule has 2 heterocycles. The van der Waals surface area contributed by atoms with Gasteiger partial charge in [-0.25, -0.2) is 0 Å². The molecule has 0 bridgehead atoms. The van der Waals surface area contributed by atoms with E-state index in [4.69, 9.17) is 4.98 Å². The van der Waals surface area contributed by atoms with Crippen LogP contribution in [-0.4, -0.2) is 36.1 Å². The topological polar surface area (TPSA) is 28.2 Å². The zero-order valence-electron chi connectivity index (χ0n) is 11.5. The lowest BCUT2D eigenvalue weighted by atomic mass is 10.1. The van der Waals surface area contributed by atoms with Crippen molar-refractivity contribution in [3.63, 3.8) is 0 Å². The van der Waals surface area contributed by atoms with Gasteiger partial charge in [0.1, 0.15) is 0 Å². The molecule has 1 aliphatic heterocycles. The number of nitrogens with zero attached hydrogens (tertiary/aromatic N) is 2. The molecule has 0 radical (unpaired) electrons. The summed E-state index contributed by atoms with van der Waals surface area (Å²) in [5.74, 6) is 0. The average Bonchev–Trinajstić information content (AvgIpc) is 2.49. The van der Waals surface area contributed by atoms with Crippen LogP contribution in [0.4, 0.5) is 0 Å². The summed E-state index contributed by atoms with van der Waals surface area (Å²) in [6, 6.07) is 13.2. The molecule has 0 unspecified atom stereocenters. The highest BCUT2D eigenvalue weighted by Gasteiger charge is 2.21. The van der Waals surface area contributed by atoms with Gasteiger partial charge in [0.15, 0.2) is 0 Å². The van der Waals surface area contributed by atoms with Crippen molar-refractivity contribution < 1.29 is 0 Å². The Morgan fingerprint density at radius 3 is 2.74 bits per heavy atom. The molecular weight excluding hydrogens is 234 g/mol. The Labute approximate surface area is 114 Å². The van der Waals surface area contributed by atoms with Crippen LogP contribution in [0.2, 0.25) is 0 Å². The maximum absolute atomic E-state index is 4.86. The molecule has 19 heavy (non-hydrogen) atoms. The van der Waals surface area contributed by atoms with Crippen molar-refractivity contribution in [1.82, 2.24) is 15.2 Å². The molecule has 1 aromatic heterocycles. The molecule has 0 saturated carbocycles. The minimum Gasteiger partial charge on any atom is -0.314 e. The number of aromatic nitrogens is 1. The zero-order chi connectivity index (χ0) is 13.1. The number of benzene rings is 1. The highest BCUT2D eigenvalue weighted by atomic mass is 15.2. The predicted octanol–water partition coefficient (Wildman–Crippen LogP) is 2.59. The van der Waals surface area contributed by atoms with E-state index in [2.05, 4.69) is 53.5 Å². The number of pyridine rings is 1. The number of fused-ring (bicyclic) bond motifs is 1. The third-order valence-electron chi connectivity index (χ3n) is 3.94. The van der Waals surface area contributed by atoms with Crippen molar-refractivity contribution >= 4 is 10.9 Å². The minimum absolute atomic E-state index is 0.451. The number of para-hydroxylation sites is 1. The maximum atomic E-state index is 4.86. The molecule has 0 amide bonds. The van der Waals surface area contributed by atoms with E-state index in [0.717, 1.165) is 38.1 Å². The Bertz CT molecular complexity index is 546. The van der Waals surface area contributed by atoms with Gasteiger partial charge in [-0.1, -0.05) is 31.2 Å². The van der Waals surface area contributed by atoms with E-state index < -0.39 is 0 Å². The summed E-state index contributed by atoms with van der Waals surface area (Å²) in [5, 5.41) is 4.64. The van der Waals surface area contributed by atoms with Crippen molar-refractivity contribution in [2.75, 3.05) is 26.2 Å². The minimum atomic E-state index is 0.451. The standard InChI is InChI=1S/C16H21N3/c1-2-16(19-11-9-17-10-12-19)15-8-7-13-5-3-4-6-14(13)18-15/h3-8,16-17H,2,9-12H2,1H3/t16-/m1/s1. The van der Waals surface area contributed by atoms with Gasteiger partial charge in [-0.15, -0.1) is 0 Å². The van der Waals surface area contributed by atoms with Gasteiger partial charge in [0.05, 0.1) is 17.3 Å². The molecule has 1 aliphatic rings. The third kappa shape index (κ3) is 2.62. The van der Waals surface area contributed by atoms with Crippen LogP contribution in [0.25, 0.3) is 10.9 Å². The lowest BCUT2D eigenvalue weighted by Crippen LogP contribution is -2.45. The summed E-state index contributed by atoms with van der Waals surface area (Å²) >= 11 is 0. The normalized spacial score (nSPS) is 18.6. The third-order valence-corrected chi connectivity index (χ3v) is 3.94. The Kier molecular flexibility index (Phi) is 3.76. The zero-order valence-corrected chi connectivity index (χ0v) is 11.5. The van der Waals surface area contributed by atoms with Crippen molar-refractivity contribution in [1.29, 1.82) is 0 Å². The van der Waals surface area contributed by atoms with Crippen LogP contribution in [0.15, 0.2) is 36.4 Å². The number of nitrogens with one attached hydrogen (secondary N) is 1. The first kappa shape index (κ1) is 12.6. The molecule has 1 saturated heterocycles. The van der Waals surface area contributed by atoms with Gasteiger partial charge in [-0.05, 0) is 18.6 Å². The Balaban J connectivity index is 1.91. The van der Waals surface area contributed by atoms with Gasteiger partial charge in [0.25, 0.3) is 0 Å². The second-order valence-electron chi connectivity index (χ2n) is 5.14. The van der Waals surface area contributed by atoms with Crippen LogP contribution in [0.1, 0.15) is 25.1 Å². The van der Waals surface area contributed by atoms with Crippen LogP contribution in [0, 0.1) is 0 Å². The van der Waals surface area contributed by atoms with Gasteiger partial charge in [0.2, 0.25) is 0 Å². The van der Waals surface area contributed by atoms with Crippen molar-refractivity contribution in [2.24, 2.45) is 0 Å². The molecule has 3 nitrogen and oxygen atoms in total. The van der Waals surface area contributed by atoms with Crippen LogP contribution >= 0.6 is 0 Å². The summed E-state index contributed by atoms with van der Waals surface area (Å²) in [4.78, 5) is 7.41. The van der Waals surface area contributed by atoms with Crippen molar-refractivity contribution in [2.45, 2.75) is 19.4 Å². The van der Waals surface area contributed by atoms with Crippen LogP contribution in [0.3, 0.4) is 0 Å². The lowest BCUT2D eigenvalue weighted by molar-refractivity contribution is 0.166. The second-order valence-corrected chi connectivity index (χ2v) is 5.14. The van der Waals surface area contributed by atoms with Crippen LogP contribution < -0.4 is 5.32 Å². The Morgan fingerprint density at radius 1 is 1.16 bits per heavy atom. The van der Waals surface area contributed by atoms with Gasteiger partial charge in [-0.2, -0.15) is 0 Å². The van der Waals surface area contributed by atoms with Crippen molar-refractivity contribution in [3.05, 3.63) is 42.1 Å². The first-order valence-corrected chi connectivity index (χ1v) is 7.19. The molecule has 1 N–H and O–H groups in total. The fraction of sp³-hybridized carbons (Fsp3) is 0.438. The quantitative estimate of drug-likeness (QED) is 0.913. The van der Waals surface area contributed by atoms with Gasteiger partial charge in [0, 0.05) is 31.6 Å². The maximum Gasteiger partial charge on any atom is 0.0706 e. The van der Waals surface area contributed by atoms with E-state index >= 15 is 0 Å². The van der Waals surface area contributed by atoms with E-state index in [1.165, 1.54) is 11.1 Å². The summed E-state index contributed by atoms with van der Waals surface area (Å²) in [5.41, 5.74) is 2.32. The van der Waals surface area contributed by atoms with Crippen LogP contribution in [0.5, 0.6) is 0 Å². The average molecular weight is 255 g/mol. The Hall–Kier alpha value is -1.45. The second kappa shape index (κ2) is 5.68. The molecule has 0 spiro atoms. The van der Waals surface area contributed by atoms with E-state index in [0.29, 0.717) is 6.04 Å². The highest BCUT2D eigenvalue weighted by Crippen LogP contribution is 2.24. The number of piperazine rings is 1. The monoisotopic (exact) mass is 255 g/mol. The summed E-state index contributed by atoms with van der Waals surface area (Å²) < 4.78 is 0. The summed E-state index contributed by atoms with van der Waals surface area (Å²) in [7, 11) is 0. The molecule has 1 aromatic carbocycles. The SMILES string of the molecule is CC[C@H](c1ccc2ccccc2n1)N1CCNCC1. The van der Waals surface area contributed by atoms with E-state index in [9.17, 15) is 0 Å². The van der Waals surface area contributed by atoms with Gasteiger partial charge < -0.3 is 5.32 Å². The smallest absolute Gasteiger partial charge is 0.0706 e. The van der Waals surface area contributed by atoms with E-state index in [1.807, 2.05) is 0 Å². The number of hydrogen-bond acceptors (Lipinski definition) is 3. The van der Waals surface area contributed by atoms with Gasteiger partial charge in [-0.3, -0.25) is 9.88 Å². The molecule has 3 heteroatoms. The highest BCUT2D eigenvalue weighted by molar-refractivity contribution is 5.78. The number of rotatable bonds is 3. The largest absolute Gasteiger partial charge is 0.314 e. The fourth-order valence-corrected chi connectivity index (χ4v) is 2.92. The number of hydrogen-bond donors (Lipinski definition) is 1. The first-order valence-electron chi connectivity index (χ1n) is 7.19. The molecule has 0 aliphatic carbocycles. The molecule has 1 fully saturated rings. The first-order chi connectivity index (χ1) is 9.38. The molecule has 2 aromatic rings. The van der Waals surface area contributed by atoms with Gasteiger partial charge >= 0.3 is 0 Å². The fourth-order valence-electron chi connectivity index (χ4n) is 2.92. The molecule has 1 atom stereocenters. The van der Waals surface area contributed by atoms with E-state index in [-0.39, 0.29) is 0 Å². The summed E-state index contributed by atoms with van der Waals surface area (Å²) in [6.07, 6.45) is 1.12.